The van der Waals surface area contributed by atoms with Gasteiger partial charge in [-0.3, -0.25) is 4.79 Å². The average Bonchev–Trinajstić information content (AvgIpc) is 2.67. The third-order valence-electron chi connectivity index (χ3n) is 3.59. The van der Waals surface area contributed by atoms with Gasteiger partial charge in [0.15, 0.2) is 0 Å². The fourth-order valence-corrected chi connectivity index (χ4v) is 3.51. The Morgan fingerprint density at radius 2 is 1.68 bits per heavy atom. The molecule has 0 saturated carbocycles. The lowest BCUT2D eigenvalue weighted by Gasteiger charge is -2.17. The van der Waals surface area contributed by atoms with Gasteiger partial charge in [-0.1, -0.05) is 66.2 Å². The van der Waals surface area contributed by atoms with Crippen molar-refractivity contribution in [3.63, 3.8) is 0 Å². The van der Waals surface area contributed by atoms with Gasteiger partial charge < -0.3 is 5.32 Å². The summed E-state index contributed by atoms with van der Waals surface area (Å²) < 4.78 is 0. The molecule has 25 heavy (non-hydrogen) atoms. The molecule has 1 aromatic heterocycles. The molecule has 0 aliphatic heterocycles. The van der Waals surface area contributed by atoms with Gasteiger partial charge in [0.05, 0.1) is 0 Å². The predicted octanol–water partition coefficient (Wildman–Crippen LogP) is 4.88. The molecule has 3 nitrogen and oxygen atoms in total. The van der Waals surface area contributed by atoms with Crippen LogP contribution in [0.25, 0.3) is 0 Å². The normalized spacial score (nSPS) is 11.7. The van der Waals surface area contributed by atoms with Crippen LogP contribution in [0.2, 0.25) is 5.15 Å². The lowest BCUT2D eigenvalue weighted by Crippen LogP contribution is -2.27. The van der Waals surface area contributed by atoms with Crippen molar-refractivity contribution in [1.82, 2.24) is 10.3 Å². The quantitative estimate of drug-likeness (QED) is 0.497. The van der Waals surface area contributed by atoms with Crippen molar-refractivity contribution in [1.29, 1.82) is 0 Å². The van der Waals surface area contributed by atoms with Crippen molar-refractivity contribution in [2.75, 3.05) is 0 Å². The minimum Gasteiger partial charge on any atom is -0.351 e. The second-order valence-electron chi connectivity index (χ2n) is 5.43. The highest BCUT2D eigenvalue weighted by Gasteiger charge is 2.21. The van der Waals surface area contributed by atoms with Crippen LogP contribution in [-0.2, 0) is 11.3 Å². The monoisotopic (exact) mass is 368 g/mol. The zero-order valence-electron chi connectivity index (χ0n) is 13.4. The largest absolute Gasteiger partial charge is 0.351 e. The standard InChI is InChI=1S/C20H17ClN2OS/c21-18-12-11-15(13-22-18)14-23-20(24)19(16-7-3-1-4-8-16)25-17-9-5-2-6-10-17/h1-13,19H,14H2,(H,23,24). The third-order valence-corrected chi connectivity index (χ3v) is 5.08. The number of benzene rings is 2. The van der Waals surface area contributed by atoms with E-state index in [0.717, 1.165) is 16.0 Å². The lowest BCUT2D eigenvalue weighted by atomic mass is 10.1. The Kier molecular flexibility index (Phi) is 6.09. The Morgan fingerprint density at radius 3 is 2.32 bits per heavy atom. The molecule has 0 fully saturated rings. The van der Waals surface area contributed by atoms with E-state index >= 15 is 0 Å². The summed E-state index contributed by atoms with van der Waals surface area (Å²) in [5, 5.41) is 3.12. The Labute approximate surface area is 156 Å². The number of rotatable bonds is 6. The number of halogens is 1. The van der Waals surface area contributed by atoms with E-state index in [2.05, 4.69) is 10.3 Å². The Hall–Kier alpha value is -2.30. The van der Waals surface area contributed by atoms with Crippen LogP contribution in [0.4, 0.5) is 0 Å². The van der Waals surface area contributed by atoms with E-state index in [1.54, 1.807) is 12.3 Å². The van der Waals surface area contributed by atoms with Crippen molar-refractivity contribution >= 4 is 29.3 Å². The van der Waals surface area contributed by atoms with E-state index in [4.69, 9.17) is 11.6 Å². The molecule has 1 N–H and O–H groups in total. The van der Waals surface area contributed by atoms with E-state index in [0.29, 0.717) is 11.7 Å². The summed E-state index contributed by atoms with van der Waals surface area (Å²) in [6.07, 6.45) is 1.67. The minimum atomic E-state index is -0.316. The summed E-state index contributed by atoms with van der Waals surface area (Å²) in [5.74, 6) is -0.0324. The molecule has 0 aliphatic rings. The molecular weight excluding hydrogens is 352 g/mol. The number of pyridine rings is 1. The molecule has 1 amide bonds. The first-order valence-electron chi connectivity index (χ1n) is 7.87. The molecule has 2 aromatic carbocycles. The number of hydrogen-bond acceptors (Lipinski definition) is 3. The topological polar surface area (TPSA) is 42.0 Å². The van der Waals surface area contributed by atoms with Crippen LogP contribution in [-0.4, -0.2) is 10.9 Å². The SMILES string of the molecule is O=C(NCc1ccc(Cl)nc1)C(Sc1ccccc1)c1ccccc1. The van der Waals surface area contributed by atoms with E-state index in [1.165, 1.54) is 11.8 Å². The van der Waals surface area contributed by atoms with Gasteiger partial charge >= 0.3 is 0 Å². The summed E-state index contributed by atoms with van der Waals surface area (Å²) in [5.41, 5.74) is 1.89. The number of nitrogens with one attached hydrogen (secondary N) is 1. The van der Waals surface area contributed by atoms with Gasteiger partial charge in [-0.2, -0.15) is 0 Å². The number of hydrogen-bond donors (Lipinski definition) is 1. The van der Waals surface area contributed by atoms with Crippen LogP contribution in [0.5, 0.6) is 0 Å². The van der Waals surface area contributed by atoms with Gasteiger partial charge in [0.1, 0.15) is 10.4 Å². The second-order valence-corrected chi connectivity index (χ2v) is 6.99. The maximum absolute atomic E-state index is 12.8. The molecule has 0 bridgehead atoms. The molecule has 1 atom stereocenters. The van der Waals surface area contributed by atoms with Crippen LogP contribution in [0, 0.1) is 0 Å². The van der Waals surface area contributed by atoms with Crippen molar-refractivity contribution in [2.24, 2.45) is 0 Å². The molecular formula is C20H17ClN2OS. The van der Waals surface area contributed by atoms with Crippen LogP contribution in [0.15, 0.2) is 83.9 Å². The molecule has 0 spiro atoms. The highest BCUT2D eigenvalue weighted by molar-refractivity contribution is 8.00. The highest BCUT2D eigenvalue weighted by Crippen LogP contribution is 2.35. The van der Waals surface area contributed by atoms with Crippen molar-refractivity contribution in [3.8, 4) is 0 Å². The summed E-state index contributed by atoms with van der Waals surface area (Å²) in [7, 11) is 0. The lowest BCUT2D eigenvalue weighted by molar-refractivity contribution is -0.120. The summed E-state index contributed by atoms with van der Waals surface area (Å²) in [6.45, 7) is 0.418. The molecule has 3 aromatic rings. The first-order valence-corrected chi connectivity index (χ1v) is 9.13. The molecule has 1 unspecified atom stereocenters. The Bertz CT molecular complexity index is 810. The summed E-state index contributed by atoms with van der Waals surface area (Å²) in [6, 6.07) is 23.3. The van der Waals surface area contributed by atoms with Crippen molar-refractivity contribution in [2.45, 2.75) is 16.7 Å². The number of nitrogens with zero attached hydrogens (tertiary/aromatic N) is 1. The molecule has 5 heteroatoms. The maximum atomic E-state index is 12.8. The number of carbonyl (C=O) groups excluding carboxylic acids is 1. The highest BCUT2D eigenvalue weighted by atomic mass is 35.5. The van der Waals surface area contributed by atoms with Gasteiger partial charge in [-0.15, -0.1) is 11.8 Å². The zero-order valence-corrected chi connectivity index (χ0v) is 15.0. The maximum Gasteiger partial charge on any atom is 0.238 e. The molecule has 1 heterocycles. The minimum absolute atomic E-state index is 0.0324. The number of amides is 1. The number of aromatic nitrogens is 1. The Morgan fingerprint density at radius 1 is 1.00 bits per heavy atom. The van der Waals surface area contributed by atoms with Gasteiger partial charge in [-0.05, 0) is 29.3 Å². The van der Waals surface area contributed by atoms with Crippen LogP contribution < -0.4 is 5.32 Å². The van der Waals surface area contributed by atoms with Gasteiger partial charge in [0.25, 0.3) is 0 Å². The van der Waals surface area contributed by atoms with Crippen molar-refractivity contribution < 1.29 is 4.79 Å². The van der Waals surface area contributed by atoms with Gasteiger partial charge in [0.2, 0.25) is 5.91 Å². The number of carbonyl (C=O) groups is 1. The smallest absolute Gasteiger partial charge is 0.238 e. The first kappa shape index (κ1) is 17.5. The number of thioether (sulfide) groups is 1. The van der Waals surface area contributed by atoms with E-state index in [1.807, 2.05) is 66.7 Å². The molecule has 0 radical (unpaired) electrons. The zero-order chi connectivity index (χ0) is 17.5. The first-order chi connectivity index (χ1) is 12.2. The molecule has 0 aliphatic carbocycles. The van der Waals surface area contributed by atoms with Crippen LogP contribution in [0.1, 0.15) is 16.4 Å². The van der Waals surface area contributed by atoms with Gasteiger partial charge in [0, 0.05) is 17.6 Å². The van der Waals surface area contributed by atoms with Gasteiger partial charge in [-0.25, -0.2) is 4.98 Å². The third kappa shape index (κ3) is 5.08. The Balaban J connectivity index is 1.74. The predicted molar refractivity (Wildman–Crippen MR) is 103 cm³/mol. The second kappa shape index (κ2) is 8.70. The van der Waals surface area contributed by atoms with E-state index < -0.39 is 0 Å². The summed E-state index contributed by atoms with van der Waals surface area (Å²) >= 11 is 7.33. The summed E-state index contributed by atoms with van der Waals surface area (Å²) in [4.78, 5) is 17.9. The van der Waals surface area contributed by atoms with E-state index in [-0.39, 0.29) is 11.2 Å². The van der Waals surface area contributed by atoms with E-state index in [9.17, 15) is 4.79 Å². The molecule has 126 valence electrons. The molecule has 3 rings (SSSR count). The fourth-order valence-electron chi connectivity index (χ4n) is 2.33. The van der Waals surface area contributed by atoms with Crippen LogP contribution >= 0.6 is 23.4 Å². The van der Waals surface area contributed by atoms with Crippen molar-refractivity contribution in [3.05, 3.63) is 95.3 Å². The fraction of sp³-hybridized carbons (Fsp3) is 0.100. The molecule has 0 saturated heterocycles. The van der Waals surface area contributed by atoms with Crippen LogP contribution in [0.3, 0.4) is 0 Å². The average molecular weight is 369 g/mol.